The van der Waals surface area contributed by atoms with Gasteiger partial charge in [-0.15, -0.1) is 0 Å². The molecular formula is C15H32O2. The van der Waals surface area contributed by atoms with Crippen molar-refractivity contribution in [3.8, 4) is 0 Å². The molecule has 0 amide bonds. The van der Waals surface area contributed by atoms with Gasteiger partial charge in [-0.3, -0.25) is 0 Å². The smallest absolute Gasteiger partial charge is 0.0631 e. The highest BCUT2D eigenvalue weighted by atomic mass is 16.5. The standard InChI is InChI=1S/C15H32O2/c1-12(2)17-13(3)9-10-16-15(7,8)11-14(4,5)6/h12-13H,9-11H2,1-8H3. The van der Waals surface area contributed by atoms with Crippen LogP contribution < -0.4 is 0 Å². The molecular weight excluding hydrogens is 212 g/mol. The molecule has 0 saturated carbocycles. The van der Waals surface area contributed by atoms with E-state index in [1.807, 2.05) is 0 Å². The lowest BCUT2D eigenvalue weighted by Crippen LogP contribution is -2.31. The fourth-order valence-electron chi connectivity index (χ4n) is 2.36. The van der Waals surface area contributed by atoms with Crippen molar-refractivity contribution < 1.29 is 9.47 Å². The molecule has 0 aliphatic carbocycles. The molecule has 1 unspecified atom stereocenters. The van der Waals surface area contributed by atoms with E-state index < -0.39 is 0 Å². The van der Waals surface area contributed by atoms with Gasteiger partial charge < -0.3 is 9.47 Å². The minimum atomic E-state index is -0.0458. The minimum absolute atomic E-state index is 0.0458. The zero-order valence-corrected chi connectivity index (χ0v) is 13.1. The maximum absolute atomic E-state index is 5.98. The van der Waals surface area contributed by atoms with E-state index >= 15 is 0 Å². The molecule has 0 heterocycles. The Morgan fingerprint density at radius 2 is 1.47 bits per heavy atom. The first-order valence-corrected chi connectivity index (χ1v) is 6.81. The van der Waals surface area contributed by atoms with E-state index in [0.717, 1.165) is 19.4 Å². The van der Waals surface area contributed by atoms with Crippen molar-refractivity contribution in [2.24, 2.45) is 5.41 Å². The van der Waals surface area contributed by atoms with Crippen LogP contribution >= 0.6 is 0 Å². The Hall–Kier alpha value is -0.0800. The molecule has 17 heavy (non-hydrogen) atoms. The van der Waals surface area contributed by atoms with E-state index in [4.69, 9.17) is 9.47 Å². The van der Waals surface area contributed by atoms with Crippen molar-refractivity contribution in [2.45, 2.75) is 86.0 Å². The second-order valence-corrected chi connectivity index (χ2v) is 7.13. The largest absolute Gasteiger partial charge is 0.376 e. The lowest BCUT2D eigenvalue weighted by atomic mass is 9.83. The van der Waals surface area contributed by atoms with Gasteiger partial charge in [0.1, 0.15) is 0 Å². The molecule has 0 aliphatic heterocycles. The van der Waals surface area contributed by atoms with Crippen LogP contribution in [0.1, 0.15) is 68.2 Å². The topological polar surface area (TPSA) is 18.5 Å². The first-order chi connectivity index (χ1) is 7.52. The third kappa shape index (κ3) is 10.8. The summed E-state index contributed by atoms with van der Waals surface area (Å²) in [4.78, 5) is 0. The molecule has 0 N–H and O–H groups in total. The molecule has 0 bridgehead atoms. The molecule has 0 aliphatic rings. The highest BCUT2D eigenvalue weighted by molar-refractivity contribution is 4.77. The van der Waals surface area contributed by atoms with Crippen LogP contribution in [0.15, 0.2) is 0 Å². The molecule has 1 atom stereocenters. The second kappa shape index (κ2) is 6.75. The van der Waals surface area contributed by atoms with Crippen molar-refractivity contribution in [3.63, 3.8) is 0 Å². The van der Waals surface area contributed by atoms with E-state index in [2.05, 4.69) is 55.4 Å². The summed E-state index contributed by atoms with van der Waals surface area (Å²) in [6.45, 7) is 18.1. The highest BCUT2D eigenvalue weighted by Gasteiger charge is 2.26. The summed E-state index contributed by atoms with van der Waals surface area (Å²) in [5, 5.41) is 0. The maximum Gasteiger partial charge on any atom is 0.0631 e. The normalized spacial score (nSPS) is 15.4. The molecule has 104 valence electrons. The summed E-state index contributed by atoms with van der Waals surface area (Å²) >= 11 is 0. The zero-order chi connectivity index (χ0) is 13.7. The summed E-state index contributed by atoms with van der Waals surface area (Å²) in [6, 6.07) is 0. The predicted molar refractivity (Wildman–Crippen MR) is 74.4 cm³/mol. The number of hydrogen-bond donors (Lipinski definition) is 0. The van der Waals surface area contributed by atoms with Gasteiger partial charge >= 0.3 is 0 Å². The Morgan fingerprint density at radius 1 is 0.941 bits per heavy atom. The van der Waals surface area contributed by atoms with Gasteiger partial charge in [-0.25, -0.2) is 0 Å². The van der Waals surface area contributed by atoms with Crippen molar-refractivity contribution in [2.75, 3.05) is 6.61 Å². The molecule has 0 aromatic heterocycles. The lowest BCUT2D eigenvalue weighted by Gasteiger charge is -2.33. The Balaban J connectivity index is 3.87. The molecule has 0 radical (unpaired) electrons. The molecule has 0 aromatic carbocycles. The first kappa shape index (κ1) is 16.9. The van der Waals surface area contributed by atoms with Crippen LogP contribution in [-0.4, -0.2) is 24.4 Å². The lowest BCUT2D eigenvalue weighted by molar-refractivity contribution is -0.0647. The SMILES string of the molecule is CC(C)OC(C)CCOC(C)(C)CC(C)(C)C. The van der Waals surface area contributed by atoms with Crippen LogP contribution in [0.4, 0.5) is 0 Å². The highest BCUT2D eigenvalue weighted by Crippen LogP contribution is 2.29. The summed E-state index contributed by atoms with van der Waals surface area (Å²) in [7, 11) is 0. The van der Waals surface area contributed by atoms with Crippen LogP contribution in [0.25, 0.3) is 0 Å². The van der Waals surface area contributed by atoms with Crippen molar-refractivity contribution >= 4 is 0 Å². The second-order valence-electron chi connectivity index (χ2n) is 7.13. The average Bonchev–Trinajstić information content (AvgIpc) is 1.95. The summed E-state index contributed by atoms with van der Waals surface area (Å²) < 4.78 is 11.7. The van der Waals surface area contributed by atoms with Gasteiger partial charge in [0.2, 0.25) is 0 Å². The van der Waals surface area contributed by atoms with Crippen molar-refractivity contribution in [1.29, 1.82) is 0 Å². The molecule has 0 saturated heterocycles. The van der Waals surface area contributed by atoms with E-state index in [0.29, 0.717) is 11.5 Å². The van der Waals surface area contributed by atoms with Gasteiger partial charge in [0.25, 0.3) is 0 Å². The summed E-state index contributed by atoms with van der Waals surface area (Å²) in [5.41, 5.74) is 0.263. The van der Waals surface area contributed by atoms with Gasteiger partial charge in [0.15, 0.2) is 0 Å². The van der Waals surface area contributed by atoms with E-state index in [1.165, 1.54) is 0 Å². The van der Waals surface area contributed by atoms with E-state index in [9.17, 15) is 0 Å². The van der Waals surface area contributed by atoms with Crippen LogP contribution in [-0.2, 0) is 9.47 Å². The third-order valence-corrected chi connectivity index (χ3v) is 2.48. The fourth-order valence-corrected chi connectivity index (χ4v) is 2.36. The molecule has 0 fully saturated rings. The Bertz CT molecular complexity index is 201. The zero-order valence-electron chi connectivity index (χ0n) is 13.1. The molecule has 0 rings (SSSR count). The average molecular weight is 244 g/mol. The summed E-state index contributed by atoms with van der Waals surface area (Å²) in [6.07, 6.45) is 2.61. The monoisotopic (exact) mass is 244 g/mol. The fraction of sp³-hybridized carbons (Fsp3) is 1.00. The van der Waals surface area contributed by atoms with Crippen LogP contribution in [0.3, 0.4) is 0 Å². The van der Waals surface area contributed by atoms with E-state index in [-0.39, 0.29) is 11.7 Å². The van der Waals surface area contributed by atoms with Crippen molar-refractivity contribution in [1.82, 2.24) is 0 Å². The van der Waals surface area contributed by atoms with Crippen molar-refractivity contribution in [3.05, 3.63) is 0 Å². The van der Waals surface area contributed by atoms with Gasteiger partial charge in [-0.1, -0.05) is 20.8 Å². The first-order valence-electron chi connectivity index (χ1n) is 6.81. The maximum atomic E-state index is 5.98. The Labute approximate surface area is 108 Å². The van der Waals surface area contributed by atoms with E-state index in [1.54, 1.807) is 0 Å². The van der Waals surface area contributed by atoms with Crippen LogP contribution in [0, 0.1) is 5.41 Å². The van der Waals surface area contributed by atoms with Gasteiger partial charge in [-0.2, -0.15) is 0 Å². The molecule has 0 spiro atoms. The molecule has 2 nitrogen and oxygen atoms in total. The summed E-state index contributed by atoms with van der Waals surface area (Å²) in [5.74, 6) is 0. The Kier molecular flexibility index (Phi) is 6.71. The molecule has 0 aromatic rings. The third-order valence-electron chi connectivity index (χ3n) is 2.48. The van der Waals surface area contributed by atoms with Gasteiger partial charge in [-0.05, 0) is 52.9 Å². The predicted octanol–water partition coefficient (Wildman–Crippen LogP) is 4.42. The molecule has 2 heteroatoms. The number of hydrogen-bond acceptors (Lipinski definition) is 2. The quantitative estimate of drug-likeness (QED) is 0.660. The minimum Gasteiger partial charge on any atom is -0.376 e. The number of ether oxygens (including phenoxy) is 2. The van der Waals surface area contributed by atoms with Crippen LogP contribution in [0.5, 0.6) is 0 Å². The Morgan fingerprint density at radius 3 is 1.88 bits per heavy atom. The number of rotatable bonds is 7. The van der Waals surface area contributed by atoms with Gasteiger partial charge in [0, 0.05) is 6.61 Å². The van der Waals surface area contributed by atoms with Gasteiger partial charge in [0.05, 0.1) is 17.8 Å². The van der Waals surface area contributed by atoms with Crippen LogP contribution in [0.2, 0.25) is 0 Å².